The molecule has 0 spiro atoms. The van der Waals surface area contributed by atoms with Crippen molar-refractivity contribution in [1.82, 2.24) is 10.3 Å². The molecule has 0 aliphatic carbocycles. The molecule has 7 heteroatoms. The molecule has 3 rings (SSSR count). The fourth-order valence-electron chi connectivity index (χ4n) is 2.61. The van der Waals surface area contributed by atoms with Crippen LogP contribution in [-0.4, -0.2) is 22.9 Å². The molecule has 0 unspecified atom stereocenters. The van der Waals surface area contributed by atoms with Gasteiger partial charge in [-0.15, -0.1) is 0 Å². The van der Waals surface area contributed by atoms with Crippen LogP contribution >= 0.6 is 0 Å². The van der Waals surface area contributed by atoms with E-state index in [1.807, 2.05) is 32.0 Å². The maximum absolute atomic E-state index is 12.6. The summed E-state index contributed by atoms with van der Waals surface area (Å²) >= 11 is 0. The molecule has 1 aromatic carbocycles. The minimum Gasteiger partial charge on any atom is -0.459 e. The third-order valence-corrected chi connectivity index (χ3v) is 4.16. The van der Waals surface area contributed by atoms with E-state index < -0.39 is 17.9 Å². The zero-order valence-corrected chi connectivity index (χ0v) is 16.2. The standard InChI is InChI=1S/C22H22N2O5/c1-15(2)20(24-21(25)19-10-6-12-27-19)22(26)28-14-16-7-3-4-9-18(16)29-17-8-5-11-23-13-17/h3-13,15,20H,14H2,1-2H3,(H,24,25)/t20-/m0/s1. The Labute approximate surface area is 168 Å². The summed E-state index contributed by atoms with van der Waals surface area (Å²) in [6.07, 6.45) is 4.65. The van der Waals surface area contributed by atoms with Crippen molar-refractivity contribution in [2.45, 2.75) is 26.5 Å². The van der Waals surface area contributed by atoms with Crippen LogP contribution in [0.5, 0.6) is 11.5 Å². The fraction of sp³-hybridized carbons (Fsp3) is 0.227. The highest BCUT2D eigenvalue weighted by molar-refractivity contribution is 5.94. The molecule has 7 nitrogen and oxygen atoms in total. The number of nitrogens with zero attached hydrogens (tertiary/aromatic N) is 1. The van der Waals surface area contributed by atoms with E-state index in [0.29, 0.717) is 17.1 Å². The normalized spacial score (nSPS) is 11.7. The van der Waals surface area contributed by atoms with Crippen molar-refractivity contribution in [2.75, 3.05) is 0 Å². The first-order valence-electron chi connectivity index (χ1n) is 9.21. The van der Waals surface area contributed by atoms with Crippen LogP contribution < -0.4 is 10.1 Å². The van der Waals surface area contributed by atoms with Crippen LogP contribution in [0.25, 0.3) is 0 Å². The van der Waals surface area contributed by atoms with E-state index in [2.05, 4.69) is 10.3 Å². The maximum Gasteiger partial charge on any atom is 0.329 e. The predicted octanol–water partition coefficient (Wildman–Crippen LogP) is 3.96. The lowest BCUT2D eigenvalue weighted by atomic mass is 10.0. The Morgan fingerprint density at radius 1 is 1.10 bits per heavy atom. The number of carbonyl (C=O) groups excluding carboxylic acids is 2. The summed E-state index contributed by atoms with van der Waals surface area (Å²) in [5.74, 6) is 0.120. The molecular formula is C22H22N2O5. The number of hydrogen-bond donors (Lipinski definition) is 1. The lowest BCUT2D eigenvalue weighted by molar-refractivity contribution is -0.148. The Kier molecular flexibility index (Phi) is 6.63. The topological polar surface area (TPSA) is 90.7 Å². The number of amides is 1. The van der Waals surface area contributed by atoms with Crippen molar-refractivity contribution >= 4 is 11.9 Å². The molecule has 0 aliphatic heterocycles. The number of aromatic nitrogens is 1. The lowest BCUT2D eigenvalue weighted by Crippen LogP contribution is -2.45. The summed E-state index contributed by atoms with van der Waals surface area (Å²) in [6, 6.07) is 13.1. The van der Waals surface area contributed by atoms with E-state index in [-0.39, 0.29) is 18.3 Å². The van der Waals surface area contributed by atoms with E-state index >= 15 is 0 Å². The Morgan fingerprint density at radius 3 is 2.62 bits per heavy atom. The highest BCUT2D eigenvalue weighted by Gasteiger charge is 2.27. The number of benzene rings is 1. The second-order valence-corrected chi connectivity index (χ2v) is 6.68. The van der Waals surface area contributed by atoms with E-state index in [4.69, 9.17) is 13.9 Å². The van der Waals surface area contributed by atoms with E-state index in [0.717, 1.165) is 0 Å². The smallest absolute Gasteiger partial charge is 0.329 e. The minimum absolute atomic E-state index is 0.00904. The average Bonchev–Trinajstić information content (AvgIpc) is 3.26. The van der Waals surface area contributed by atoms with Gasteiger partial charge in [-0.1, -0.05) is 32.0 Å². The highest BCUT2D eigenvalue weighted by Crippen LogP contribution is 2.25. The summed E-state index contributed by atoms with van der Waals surface area (Å²) in [4.78, 5) is 28.9. The predicted molar refractivity (Wildman–Crippen MR) is 105 cm³/mol. The van der Waals surface area contributed by atoms with Gasteiger partial charge < -0.3 is 19.2 Å². The maximum atomic E-state index is 12.6. The van der Waals surface area contributed by atoms with E-state index in [1.54, 1.807) is 36.7 Å². The highest BCUT2D eigenvalue weighted by atomic mass is 16.5. The Bertz CT molecular complexity index is 939. The lowest BCUT2D eigenvalue weighted by Gasteiger charge is -2.20. The number of para-hydroxylation sites is 1. The van der Waals surface area contributed by atoms with Crippen LogP contribution in [0.3, 0.4) is 0 Å². The van der Waals surface area contributed by atoms with Crippen LogP contribution in [-0.2, 0) is 16.1 Å². The van der Waals surface area contributed by atoms with Crippen molar-refractivity contribution in [2.24, 2.45) is 5.92 Å². The summed E-state index contributed by atoms with van der Waals surface area (Å²) in [5, 5.41) is 2.66. The van der Waals surface area contributed by atoms with Gasteiger partial charge in [-0.25, -0.2) is 4.79 Å². The van der Waals surface area contributed by atoms with Gasteiger partial charge in [0.25, 0.3) is 5.91 Å². The second kappa shape index (κ2) is 9.54. The van der Waals surface area contributed by atoms with Gasteiger partial charge in [-0.3, -0.25) is 9.78 Å². The van der Waals surface area contributed by atoms with Gasteiger partial charge in [0.15, 0.2) is 5.76 Å². The molecule has 0 saturated carbocycles. The van der Waals surface area contributed by atoms with E-state index in [1.165, 1.54) is 12.3 Å². The van der Waals surface area contributed by atoms with Gasteiger partial charge in [0.2, 0.25) is 0 Å². The second-order valence-electron chi connectivity index (χ2n) is 6.68. The first kappa shape index (κ1) is 20.1. The van der Waals surface area contributed by atoms with Crippen molar-refractivity contribution < 1.29 is 23.5 Å². The van der Waals surface area contributed by atoms with Crippen LogP contribution in [0, 0.1) is 5.92 Å². The monoisotopic (exact) mass is 394 g/mol. The molecule has 0 fully saturated rings. The van der Waals surface area contributed by atoms with Gasteiger partial charge in [0, 0.05) is 11.8 Å². The molecule has 1 N–H and O–H groups in total. The molecule has 29 heavy (non-hydrogen) atoms. The van der Waals surface area contributed by atoms with Crippen LogP contribution in [0.15, 0.2) is 71.6 Å². The van der Waals surface area contributed by atoms with Gasteiger partial charge in [0.1, 0.15) is 24.1 Å². The molecule has 1 amide bonds. The Hall–Kier alpha value is -3.61. The minimum atomic E-state index is -0.806. The number of ether oxygens (including phenoxy) is 2. The molecule has 0 bridgehead atoms. The van der Waals surface area contributed by atoms with Gasteiger partial charge in [-0.05, 0) is 36.2 Å². The summed E-state index contributed by atoms with van der Waals surface area (Å²) in [5.41, 5.74) is 0.699. The zero-order valence-electron chi connectivity index (χ0n) is 16.2. The third-order valence-electron chi connectivity index (χ3n) is 4.16. The molecule has 150 valence electrons. The van der Waals surface area contributed by atoms with Gasteiger partial charge in [-0.2, -0.15) is 0 Å². The number of nitrogens with one attached hydrogen (secondary N) is 1. The molecule has 0 aliphatic rings. The van der Waals surface area contributed by atoms with E-state index in [9.17, 15) is 9.59 Å². The first-order valence-corrected chi connectivity index (χ1v) is 9.21. The summed E-state index contributed by atoms with van der Waals surface area (Å²) in [6.45, 7) is 3.66. The number of esters is 1. The molecule has 2 aromatic heterocycles. The largest absolute Gasteiger partial charge is 0.459 e. The van der Waals surface area contributed by atoms with Gasteiger partial charge >= 0.3 is 5.97 Å². The Morgan fingerprint density at radius 2 is 1.93 bits per heavy atom. The van der Waals surface area contributed by atoms with Crippen molar-refractivity contribution in [3.63, 3.8) is 0 Å². The number of rotatable bonds is 8. The van der Waals surface area contributed by atoms with Crippen LogP contribution in [0.4, 0.5) is 0 Å². The van der Waals surface area contributed by atoms with Crippen molar-refractivity contribution in [3.05, 3.63) is 78.5 Å². The zero-order chi connectivity index (χ0) is 20.6. The Balaban J connectivity index is 1.65. The number of hydrogen-bond acceptors (Lipinski definition) is 6. The van der Waals surface area contributed by atoms with Crippen LogP contribution in [0.1, 0.15) is 30.0 Å². The quantitative estimate of drug-likeness (QED) is 0.582. The SMILES string of the molecule is CC(C)[C@H](NC(=O)c1ccco1)C(=O)OCc1ccccc1Oc1cccnc1. The fourth-order valence-corrected chi connectivity index (χ4v) is 2.61. The molecule has 0 radical (unpaired) electrons. The molecule has 0 saturated heterocycles. The average molecular weight is 394 g/mol. The number of pyridine rings is 1. The third kappa shape index (κ3) is 5.44. The molecule has 2 heterocycles. The summed E-state index contributed by atoms with van der Waals surface area (Å²) < 4.78 is 16.4. The first-order chi connectivity index (χ1) is 14.0. The number of furan rings is 1. The summed E-state index contributed by atoms with van der Waals surface area (Å²) in [7, 11) is 0. The molecule has 3 aromatic rings. The number of carbonyl (C=O) groups is 2. The van der Waals surface area contributed by atoms with Crippen molar-refractivity contribution in [1.29, 1.82) is 0 Å². The van der Waals surface area contributed by atoms with Crippen LogP contribution in [0.2, 0.25) is 0 Å². The van der Waals surface area contributed by atoms with Gasteiger partial charge in [0.05, 0.1) is 12.5 Å². The molecule has 1 atom stereocenters. The molecular weight excluding hydrogens is 372 g/mol. The van der Waals surface area contributed by atoms with Crippen molar-refractivity contribution in [3.8, 4) is 11.5 Å².